The van der Waals surface area contributed by atoms with Gasteiger partial charge >= 0.3 is 0 Å². The molecule has 1 aromatic heterocycles. The second-order valence-corrected chi connectivity index (χ2v) is 7.01. The van der Waals surface area contributed by atoms with Crippen LogP contribution in [0.5, 0.6) is 5.75 Å². The van der Waals surface area contributed by atoms with E-state index in [9.17, 15) is 9.59 Å². The lowest BCUT2D eigenvalue weighted by Gasteiger charge is -2.08. The summed E-state index contributed by atoms with van der Waals surface area (Å²) in [4.78, 5) is 27.8. The van der Waals surface area contributed by atoms with E-state index in [-0.39, 0.29) is 18.4 Å². The van der Waals surface area contributed by atoms with Crippen molar-refractivity contribution in [2.45, 2.75) is 19.8 Å². The summed E-state index contributed by atoms with van der Waals surface area (Å²) in [7, 11) is 0. The van der Waals surface area contributed by atoms with Crippen molar-refractivity contribution in [3.05, 3.63) is 53.5 Å². The third kappa shape index (κ3) is 5.52. The lowest BCUT2D eigenvalue weighted by molar-refractivity contribution is -0.123. The maximum absolute atomic E-state index is 11.9. The maximum Gasteiger partial charge on any atom is 0.257 e. The Morgan fingerprint density at radius 1 is 1.07 bits per heavy atom. The van der Waals surface area contributed by atoms with Gasteiger partial charge in [0.05, 0.1) is 15.2 Å². The Morgan fingerprint density at radius 2 is 1.85 bits per heavy atom. The first-order chi connectivity index (χ1) is 13.1. The summed E-state index contributed by atoms with van der Waals surface area (Å²) in [6, 6.07) is 14.9. The van der Waals surface area contributed by atoms with Crippen LogP contribution in [0.1, 0.15) is 18.4 Å². The zero-order chi connectivity index (χ0) is 19.1. The Balaban J connectivity index is 1.39. The van der Waals surface area contributed by atoms with Gasteiger partial charge in [-0.1, -0.05) is 19.1 Å². The molecule has 0 aliphatic carbocycles. The van der Waals surface area contributed by atoms with Crippen LogP contribution in [0.4, 0.5) is 5.69 Å². The summed E-state index contributed by atoms with van der Waals surface area (Å²) in [5.74, 6) is 0.349. The molecule has 7 heteroatoms. The van der Waals surface area contributed by atoms with Crippen LogP contribution < -0.4 is 15.4 Å². The van der Waals surface area contributed by atoms with Crippen molar-refractivity contribution >= 4 is 39.1 Å². The second kappa shape index (κ2) is 9.14. The predicted octanol–water partition coefficient (Wildman–Crippen LogP) is 3.38. The fraction of sp³-hybridized carbons (Fsp3) is 0.250. The van der Waals surface area contributed by atoms with Crippen LogP contribution in [0.15, 0.2) is 48.5 Å². The molecule has 0 radical (unpaired) electrons. The molecule has 0 atom stereocenters. The first kappa shape index (κ1) is 18.8. The fourth-order valence-electron chi connectivity index (χ4n) is 2.42. The van der Waals surface area contributed by atoms with E-state index in [2.05, 4.69) is 15.6 Å². The van der Waals surface area contributed by atoms with Crippen molar-refractivity contribution in [2.24, 2.45) is 0 Å². The predicted molar refractivity (Wildman–Crippen MR) is 107 cm³/mol. The van der Waals surface area contributed by atoms with Gasteiger partial charge in [-0.15, -0.1) is 11.3 Å². The number of rotatable bonds is 8. The minimum Gasteiger partial charge on any atom is -0.484 e. The van der Waals surface area contributed by atoms with Gasteiger partial charge in [-0.25, -0.2) is 4.98 Å². The monoisotopic (exact) mass is 383 g/mol. The van der Waals surface area contributed by atoms with E-state index in [1.165, 1.54) is 0 Å². The average Bonchev–Trinajstić information content (AvgIpc) is 3.10. The van der Waals surface area contributed by atoms with Gasteiger partial charge in [0.15, 0.2) is 6.61 Å². The highest BCUT2D eigenvalue weighted by atomic mass is 32.1. The summed E-state index contributed by atoms with van der Waals surface area (Å²) < 4.78 is 6.62. The Kier molecular flexibility index (Phi) is 6.38. The molecule has 0 spiro atoms. The fourth-order valence-corrected chi connectivity index (χ4v) is 3.39. The summed E-state index contributed by atoms with van der Waals surface area (Å²) in [6.07, 6.45) is 1.12. The zero-order valence-corrected chi connectivity index (χ0v) is 15.8. The molecule has 0 aliphatic heterocycles. The average molecular weight is 383 g/mol. The number of benzene rings is 2. The second-order valence-electron chi connectivity index (χ2n) is 5.89. The van der Waals surface area contributed by atoms with Crippen LogP contribution in [0.25, 0.3) is 10.2 Å². The van der Waals surface area contributed by atoms with Gasteiger partial charge in [-0.05, 0) is 36.4 Å². The Hall–Kier alpha value is -2.93. The molecule has 3 rings (SSSR count). The van der Waals surface area contributed by atoms with Crippen molar-refractivity contribution in [1.29, 1.82) is 0 Å². The van der Waals surface area contributed by atoms with E-state index in [4.69, 9.17) is 4.74 Å². The number of nitrogens with one attached hydrogen (secondary N) is 2. The number of carbonyl (C=O) groups is 2. The number of anilines is 1. The normalized spacial score (nSPS) is 10.6. The summed E-state index contributed by atoms with van der Waals surface area (Å²) in [5, 5.41) is 6.60. The van der Waals surface area contributed by atoms with Gasteiger partial charge in [-0.3, -0.25) is 9.59 Å². The van der Waals surface area contributed by atoms with Crippen LogP contribution in [-0.2, 0) is 16.0 Å². The van der Waals surface area contributed by atoms with Crippen molar-refractivity contribution in [2.75, 3.05) is 18.5 Å². The van der Waals surface area contributed by atoms with Gasteiger partial charge in [0.25, 0.3) is 5.91 Å². The number of nitrogens with zero attached hydrogens (tertiary/aromatic N) is 1. The molecule has 0 saturated carbocycles. The molecule has 0 bridgehead atoms. The number of carbonyl (C=O) groups excluding carboxylic acids is 2. The molecule has 2 amide bonds. The van der Waals surface area contributed by atoms with Gasteiger partial charge in [0, 0.05) is 25.1 Å². The van der Waals surface area contributed by atoms with Crippen LogP contribution in [-0.4, -0.2) is 29.9 Å². The number of aromatic nitrogens is 1. The van der Waals surface area contributed by atoms with E-state index in [0.717, 1.165) is 15.2 Å². The number of thiazole rings is 1. The lowest BCUT2D eigenvalue weighted by Crippen LogP contribution is -2.30. The molecule has 1 heterocycles. The van der Waals surface area contributed by atoms with E-state index in [1.54, 1.807) is 42.5 Å². The maximum atomic E-state index is 11.9. The van der Waals surface area contributed by atoms with Crippen LogP contribution in [0, 0.1) is 0 Å². The topological polar surface area (TPSA) is 80.3 Å². The SMILES string of the molecule is CCC(=O)Nc1ccc(OCC(=O)NCCc2nc3ccccc3s2)cc1. The standard InChI is InChI=1S/C20H21N3O3S/c1-2-18(24)22-14-7-9-15(10-8-14)26-13-19(25)21-12-11-20-23-16-5-3-4-6-17(16)27-20/h3-10H,2,11-13H2,1H3,(H,21,25)(H,22,24). The Labute approximate surface area is 161 Å². The third-order valence-electron chi connectivity index (χ3n) is 3.83. The number of ether oxygens (including phenoxy) is 1. The number of fused-ring (bicyclic) bond motifs is 1. The molecule has 27 heavy (non-hydrogen) atoms. The highest BCUT2D eigenvalue weighted by Gasteiger charge is 2.06. The molecule has 0 aliphatic rings. The van der Waals surface area contributed by atoms with Gasteiger partial charge in [0.1, 0.15) is 5.75 Å². The van der Waals surface area contributed by atoms with Crippen molar-refractivity contribution in [1.82, 2.24) is 10.3 Å². The highest BCUT2D eigenvalue weighted by Crippen LogP contribution is 2.21. The van der Waals surface area contributed by atoms with Crippen LogP contribution in [0.2, 0.25) is 0 Å². The lowest BCUT2D eigenvalue weighted by atomic mass is 10.3. The minimum atomic E-state index is -0.181. The van der Waals surface area contributed by atoms with E-state index < -0.39 is 0 Å². The highest BCUT2D eigenvalue weighted by molar-refractivity contribution is 7.18. The minimum absolute atomic E-state index is 0.0452. The van der Waals surface area contributed by atoms with Gasteiger partial charge in [-0.2, -0.15) is 0 Å². The Morgan fingerprint density at radius 3 is 2.59 bits per heavy atom. The molecular formula is C20H21N3O3S. The molecule has 2 aromatic carbocycles. The smallest absolute Gasteiger partial charge is 0.257 e. The summed E-state index contributed by atoms with van der Waals surface area (Å²) in [6.45, 7) is 2.26. The van der Waals surface area contributed by atoms with E-state index >= 15 is 0 Å². The first-order valence-corrected chi connectivity index (χ1v) is 9.59. The Bertz CT molecular complexity index is 889. The quantitative estimate of drug-likeness (QED) is 0.625. The largest absolute Gasteiger partial charge is 0.484 e. The van der Waals surface area contributed by atoms with Crippen molar-refractivity contribution < 1.29 is 14.3 Å². The molecule has 6 nitrogen and oxygen atoms in total. The van der Waals surface area contributed by atoms with E-state index in [0.29, 0.717) is 30.8 Å². The van der Waals surface area contributed by atoms with E-state index in [1.807, 2.05) is 24.3 Å². The zero-order valence-electron chi connectivity index (χ0n) is 15.0. The number of amides is 2. The molecule has 0 unspecified atom stereocenters. The number of hydrogen-bond donors (Lipinski definition) is 2. The third-order valence-corrected chi connectivity index (χ3v) is 4.92. The summed E-state index contributed by atoms with van der Waals surface area (Å²) >= 11 is 1.64. The van der Waals surface area contributed by atoms with Crippen molar-refractivity contribution in [3.8, 4) is 5.75 Å². The van der Waals surface area contributed by atoms with Crippen molar-refractivity contribution in [3.63, 3.8) is 0 Å². The van der Waals surface area contributed by atoms with Gasteiger partial charge < -0.3 is 15.4 Å². The summed E-state index contributed by atoms with van der Waals surface area (Å²) in [5.41, 5.74) is 1.69. The first-order valence-electron chi connectivity index (χ1n) is 8.78. The van der Waals surface area contributed by atoms with Crippen LogP contribution in [0.3, 0.4) is 0 Å². The molecule has 0 saturated heterocycles. The van der Waals surface area contributed by atoms with Crippen LogP contribution >= 0.6 is 11.3 Å². The molecule has 3 aromatic rings. The molecule has 2 N–H and O–H groups in total. The molecule has 0 fully saturated rings. The number of para-hydroxylation sites is 1. The molecule has 140 valence electrons. The number of hydrogen-bond acceptors (Lipinski definition) is 5. The molecular weight excluding hydrogens is 362 g/mol. The van der Waals surface area contributed by atoms with Gasteiger partial charge in [0.2, 0.25) is 5.91 Å².